The molecule has 0 radical (unpaired) electrons. The molecule has 3 nitrogen and oxygen atoms in total. The van der Waals surface area contributed by atoms with Gasteiger partial charge in [-0.05, 0) is 6.42 Å². The molecule has 0 N–H and O–H groups in total. The lowest BCUT2D eigenvalue weighted by molar-refractivity contribution is 0.140. The van der Waals surface area contributed by atoms with Crippen LogP contribution in [0.1, 0.15) is 18.4 Å². The summed E-state index contributed by atoms with van der Waals surface area (Å²) in [6.45, 7) is 4.74. The normalized spacial score (nSPS) is 17.1. The van der Waals surface area contributed by atoms with Crippen molar-refractivity contribution in [3.8, 4) is 0 Å². The summed E-state index contributed by atoms with van der Waals surface area (Å²) in [4.78, 5) is 4.51. The number of aromatic nitrogens is 2. The lowest BCUT2D eigenvalue weighted by Gasteiger charge is -1.98. The molecule has 0 spiro atoms. The van der Waals surface area contributed by atoms with Crippen LogP contribution in [0.5, 0.6) is 0 Å². The van der Waals surface area contributed by atoms with Gasteiger partial charge in [-0.3, -0.25) is 0 Å². The van der Waals surface area contributed by atoms with Crippen molar-refractivity contribution in [1.29, 1.82) is 0 Å². The number of ether oxygens (including phenoxy) is 1. The zero-order valence-corrected chi connectivity index (χ0v) is 7.42. The van der Waals surface area contributed by atoms with E-state index < -0.39 is 0 Å². The second-order valence-corrected chi connectivity index (χ2v) is 3.06. The fourth-order valence-corrected chi connectivity index (χ4v) is 1.51. The molecule has 1 aromatic heterocycles. The number of hydrogen-bond acceptors (Lipinski definition) is 2. The number of aryl methyl sites for hydroxylation is 1. The Labute approximate surface area is 72.4 Å². The highest BCUT2D eigenvalue weighted by molar-refractivity contribution is 5.04. The molecule has 66 valence electrons. The van der Waals surface area contributed by atoms with Crippen LogP contribution < -0.4 is 0 Å². The van der Waals surface area contributed by atoms with Gasteiger partial charge in [0.2, 0.25) is 0 Å². The van der Waals surface area contributed by atoms with Gasteiger partial charge in [0.05, 0.1) is 18.9 Å². The molecular weight excluding hydrogens is 152 g/mol. The van der Waals surface area contributed by atoms with Crippen molar-refractivity contribution in [2.75, 3.05) is 13.2 Å². The van der Waals surface area contributed by atoms with Crippen LogP contribution in [0.2, 0.25) is 0 Å². The SMILES string of the molecule is CCc1cn2c(n1)CCOCC2. The van der Waals surface area contributed by atoms with Crippen LogP contribution in [0.15, 0.2) is 6.20 Å². The van der Waals surface area contributed by atoms with Gasteiger partial charge >= 0.3 is 0 Å². The largest absolute Gasteiger partial charge is 0.379 e. The summed E-state index contributed by atoms with van der Waals surface area (Å²) < 4.78 is 7.56. The molecule has 0 saturated carbocycles. The molecule has 0 fully saturated rings. The maximum Gasteiger partial charge on any atom is 0.111 e. The van der Waals surface area contributed by atoms with Gasteiger partial charge in [-0.25, -0.2) is 4.98 Å². The predicted molar refractivity (Wildman–Crippen MR) is 46.1 cm³/mol. The molecule has 2 rings (SSSR count). The van der Waals surface area contributed by atoms with E-state index in [1.807, 2.05) is 0 Å². The summed E-state index contributed by atoms with van der Waals surface area (Å²) in [7, 11) is 0. The van der Waals surface area contributed by atoms with Crippen LogP contribution in [0.25, 0.3) is 0 Å². The van der Waals surface area contributed by atoms with E-state index in [1.165, 1.54) is 11.5 Å². The van der Waals surface area contributed by atoms with Gasteiger partial charge in [-0.1, -0.05) is 6.92 Å². The standard InChI is InChI=1S/C9H14N2O/c1-2-8-7-11-4-6-12-5-3-9(11)10-8/h7H,2-6H2,1H3. The third kappa shape index (κ3) is 1.37. The fraction of sp³-hybridized carbons (Fsp3) is 0.667. The second kappa shape index (κ2) is 3.27. The summed E-state index contributed by atoms with van der Waals surface area (Å²) in [5.41, 5.74) is 1.20. The van der Waals surface area contributed by atoms with E-state index in [-0.39, 0.29) is 0 Å². The van der Waals surface area contributed by atoms with Gasteiger partial charge in [0.15, 0.2) is 0 Å². The minimum atomic E-state index is 0.820. The number of fused-ring (bicyclic) bond motifs is 1. The van der Waals surface area contributed by atoms with Gasteiger partial charge in [0, 0.05) is 19.2 Å². The molecule has 0 aliphatic carbocycles. The maximum atomic E-state index is 5.35. The molecular formula is C9H14N2O. The Morgan fingerprint density at radius 1 is 1.58 bits per heavy atom. The van der Waals surface area contributed by atoms with Crippen molar-refractivity contribution >= 4 is 0 Å². The molecule has 0 bridgehead atoms. The molecule has 12 heavy (non-hydrogen) atoms. The van der Waals surface area contributed by atoms with Crippen molar-refractivity contribution in [3.63, 3.8) is 0 Å². The monoisotopic (exact) mass is 166 g/mol. The Bertz CT molecular complexity index is 244. The fourth-order valence-electron chi connectivity index (χ4n) is 1.51. The lowest BCUT2D eigenvalue weighted by atomic mass is 10.4. The van der Waals surface area contributed by atoms with Gasteiger partial charge in [-0.15, -0.1) is 0 Å². The molecule has 0 atom stereocenters. The van der Waals surface area contributed by atoms with Crippen LogP contribution in [-0.2, 0) is 24.1 Å². The Hall–Kier alpha value is -0.830. The summed E-state index contributed by atoms with van der Waals surface area (Å²) in [5.74, 6) is 1.18. The molecule has 3 heteroatoms. The van der Waals surface area contributed by atoms with Gasteiger partial charge in [0.1, 0.15) is 5.82 Å². The van der Waals surface area contributed by atoms with E-state index in [1.54, 1.807) is 0 Å². The average molecular weight is 166 g/mol. The first-order valence-corrected chi connectivity index (χ1v) is 4.53. The van der Waals surface area contributed by atoms with Crippen molar-refractivity contribution in [3.05, 3.63) is 17.7 Å². The number of imidazole rings is 1. The predicted octanol–water partition coefficient (Wildman–Crippen LogP) is 1.02. The van der Waals surface area contributed by atoms with Crippen LogP contribution in [0.3, 0.4) is 0 Å². The average Bonchev–Trinajstić information content (AvgIpc) is 2.37. The first-order chi connectivity index (χ1) is 5.90. The molecule has 0 saturated heterocycles. The van der Waals surface area contributed by atoms with Gasteiger partial charge in [0.25, 0.3) is 0 Å². The van der Waals surface area contributed by atoms with Crippen LogP contribution in [-0.4, -0.2) is 22.8 Å². The van der Waals surface area contributed by atoms with Gasteiger partial charge < -0.3 is 9.30 Å². The number of hydrogen-bond donors (Lipinski definition) is 0. The summed E-state index contributed by atoms with van der Waals surface area (Å²) >= 11 is 0. The van der Waals surface area contributed by atoms with E-state index in [4.69, 9.17) is 4.74 Å². The highest BCUT2D eigenvalue weighted by Gasteiger charge is 2.09. The first-order valence-electron chi connectivity index (χ1n) is 4.53. The maximum absolute atomic E-state index is 5.35. The molecule has 0 unspecified atom stereocenters. The number of rotatable bonds is 1. The Kier molecular flexibility index (Phi) is 2.13. The third-order valence-corrected chi connectivity index (χ3v) is 2.22. The van der Waals surface area contributed by atoms with Crippen molar-refractivity contribution in [1.82, 2.24) is 9.55 Å². The minimum absolute atomic E-state index is 0.820. The third-order valence-electron chi connectivity index (χ3n) is 2.22. The quantitative estimate of drug-likeness (QED) is 0.622. The van der Waals surface area contributed by atoms with Crippen molar-refractivity contribution in [2.24, 2.45) is 0 Å². The zero-order valence-electron chi connectivity index (χ0n) is 7.42. The summed E-state index contributed by atoms with van der Waals surface area (Å²) in [6, 6.07) is 0. The van der Waals surface area contributed by atoms with Crippen LogP contribution >= 0.6 is 0 Å². The van der Waals surface area contributed by atoms with Crippen molar-refractivity contribution in [2.45, 2.75) is 26.3 Å². The number of nitrogens with zero attached hydrogens (tertiary/aromatic N) is 2. The molecule has 0 amide bonds. The van der Waals surface area contributed by atoms with Crippen molar-refractivity contribution < 1.29 is 4.74 Å². The highest BCUT2D eigenvalue weighted by Crippen LogP contribution is 2.08. The van der Waals surface area contributed by atoms with E-state index >= 15 is 0 Å². The van der Waals surface area contributed by atoms with E-state index in [9.17, 15) is 0 Å². The zero-order chi connectivity index (χ0) is 8.39. The van der Waals surface area contributed by atoms with E-state index in [0.29, 0.717) is 0 Å². The molecule has 1 aromatic rings. The molecule has 2 heterocycles. The topological polar surface area (TPSA) is 27.1 Å². The van der Waals surface area contributed by atoms with Crippen LogP contribution in [0, 0.1) is 0 Å². The summed E-state index contributed by atoms with van der Waals surface area (Å²) in [6.07, 6.45) is 4.13. The molecule has 1 aliphatic heterocycles. The second-order valence-electron chi connectivity index (χ2n) is 3.06. The van der Waals surface area contributed by atoms with E-state index in [0.717, 1.165) is 32.6 Å². The Morgan fingerprint density at radius 2 is 2.50 bits per heavy atom. The smallest absolute Gasteiger partial charge is 0.111 e. The van der Waals surface area contributed by atoms with E-state index in [2.05, 4.69) is 22.7 Å². The Balaban J connectivity index is 2.26. The highest BCUT2D eigenvalue weighted by atomic mass is 16.5. The first kappa shape index (κ1) is 7.80. The van der Waals surface area contributed by atoms with Crippen LogP contribution in [0.4, 0.5) is 0 Å². The molecule has 1 aliphatic rings. The Morgan fingerprint density at radius 3 is 3.33 bits per heavy atom. The molecule has 0 aromatic carbocycles. The summed E-state index contributed by atoms with van der Waals surface area (Å²) in [5, 5.41) is 0. The lowest BCUT2D eigenvalue weighted by Crippen LogP contribution is -2.01. The van der Waals surface area contributed by atoms with Gasteiger partial charge in [-0.2, -0.15) is 0 Å². The minimum Gasteiger partial charge on any atom is -0.379 e.